The predicted molar refractivity (Wildman–Crippen MR) is 78.9 cm³/mol. The molecule has 0 aliphatic heterocycles. The summed E-state index contributed by atoms with van der Waals surface area (Å²) in [5, 5.41) is 3.58. The lowest BCUT2D eigenvalue weighted by molar-refractivity contribution is 0.334. The van der Waals surface area contributed by atoms with Crippen LogP contribution in [0.5, 0.6) is 0 Å². The van der Waals surface area contributed by atoms with Crippen LogP contribution in [0.25, 0.3) is 0 Å². The normalized spacial score (nSPS) is 19.4. The van der Waals surface area contributed by atoms with Crippen LogP contribution in [0.1, 0.15) is 57.9 Å². The highest BCUT2D eigenvalue weighted by molar-refractivity contribution is 5.27. The van der Waals surface area contributed by atoms with Crippen molar-refractivity contribution in [3.8, 4) is 0 Å². The molecule has 0 radical (unpaired) electrons. The number of hydrogen-bond acceptors (Lipinski definition) is 1. The molecule has 2 rings (SSSR count). The molecule has 0 bridgehead atoms. The first-order valence-electron chi connectivity index (χ1n) is 7.62. The number of benzene rings is 1. The van der Waals surface area contributed by atoms with E-state index in [-0.39, 0.29) is 11.2 Å². The molecule has 1 aromatic carbocycles. The zero-order chi connectivity index (χ0) is 13.7. The van der Waals surface area contributed by atoms with E-state index in [1.165, 1.54) is 44.1 Å². The Balaban J connectivity index is 2.26. The van der Waals surface area contributed by atoms with Crippen molar-refractivity contribution in [1.82, 2.24) is 5.32 Å². The van der Waals surface area contributed by atoms with E-state index in [0.29, 0.717) is 6.04 Å². The van der Waals surface area contributed by atoms with Crippen molar-refractivity contribution < 1.29 is 4.39 Å². The third-order valence-electron chi connectivity index (χ3n) is 4.35. The fraction of sp³-hybridized carbons (Fsp3) is 0.647. The van der Waals surface area contributed by atoms with Gasteiger partial charge in [0.15, 0.2) is 0 Å². The van der Waals surface area contributed by atoms with Gasteiger partial charge in [-0.1, -0.05) is 51.7 Å². The first-order chi connectivity index (χ1) is 9.12. The Morgan fingerprint density at radius 1 is 1.16 bits per heavy atom. The van der Waals surface area contributed by atoms with Gasteiger partial charge in [0.05, 0.1) is 0 Å². The Labute approximate surface area is 116 Å². The van der Waals surface area contributed by atoms with E-state index in [1.807, 2.05) is 6.07 Å². The Hall–Kier alpha value is -0.890. The molecule has 0 heterocycles. The van der Waals surface area contributed by atoms with Gasteiger partial charge in [-0.25, -0.2) is 4.39 Å². The second kappa shape index (κ2) is 6.51. The highest BCUT2D eigenvalue weighted by atomic mass is 19.1. The zero-order valence-electron chi connectivity index (χ0n) is 12.2. The molecule has 2 heteroatoms. The van der Waals surface area contributed by atoms with Crippen LogP contribution < -0.4 is 5.32 Å². The van der Waals surface area contributed by atoms with E-state index in [4.69, 9.17) is 0 Å². The molecule has 1 aliphatic rings. The van der Waals surface area contributed by atoms with E-state index in [2.05, 4.69) is 25.2 Å². The van der Waals surface area contributed by atoms with Crippen LogP contribution in [0.2, 0.25) is 0 Å². The minimum absolute atomic E-state index is 0.106. The maximum atomic E-state index is 13.6. The molecule has 0 amide bonds. The quantitative estimate of drug-likeness (QED) is 0.793. The van der Waals surface area contributed by atoms with Gasteiger partial charge in [-0.15, -0.1) is 0 Å². The van der Waals surface area contributed by atoms with Crippen LogP contribution in [-0.2, 0) is 5.41 Å². The topological polar surface area (TPSA) is 12.0 Å². The van der Waals surface area contributed by atoms with Gasteiger partial charge in [-0.3, -0.25) is 0 Å². The Bertz CT molecular complexity index is 392. The summed E-state index contributed by atoms with van der Waals surface area (Å²) >= 11 is 0. The average molecular weight is 263 g/mol. The second-order valence-electron chi connectivity index (χ2n) is 6.24. The maximum absolute atomic E-state index is 13.6. The lowest BCUT2D eigenvalue weighted by atomic mass is 9.74. The van der Waals surface area contributed by atoms with Gasteiger partial charge < -0.3 is 5.32 Å². The van der Waals surface area contributed by atoms with E-state index in [9.17, 15) is 4.39 Å². The Kier molecular flexibility index (Phi) is 4.98. The molecule has 0 aromatic heterocycles. The molecule has 19 heavy (non-hydrogen) atoms. The van der Waals surface area contributed by atoms with E-state index < -0.39 is 0 Å². The van der Waals surface area contributed by atoms with Crippen molar-refractivity contribution in [1.29, 1.82) is 0 Å². The smallest absolute Gasteiger partial charge is 0.123 e. The Morgan fingerprint density at radius 2 is 1.84 bits per heavy atom. The number of nitrogens with one attached hydrogen (secondary N) is 1. The number of rotatable bonds is 4. The summed E-state index contributed by atoms with van der Waals surface area (Å²) in [6.07, 6.45) is 7.51. The monoisotopic (exact) mass is 263 g/mol. The van der Waals surface area contributed by atoms with Crippen LogP contribution in [0, 0.1) is 5.82 Å². The molecule has 106 valence electrons. The predicted octanol–water partition coefficient (Wildman–Crippen LogP) is 4.42. The zero-order valence-corrected chi connectivity index (χ0v) is 12.2. The average Bonchev–Trinajstić information content (AvgIpc) is 2.63. The molecule has 1 saturated carbocycles. The lowest BCUT2D eigenvalue weighted by Gasteiger charge is -2.35. The third kappa shape index (κ3) is 3.79. The van der Waals surface area contributed by atoms with Crippen molar-refractivity contribution in [3.05, 3.63) is 35.6 Å². The molecule has 1 fully saturated rings. The van der Waals surface area contributed by atoms with Crippen LogP contribution in [-0.4, -0.2) is 12.6 Å². The van der Waals surface area contributed by atoms with Gasteiger partial charge in [0.2, 0.25) is 0 Å². The largest absolute Gasteiger partial charge is 0.314 e. The maximum Gasteiger partial charge on any atom is 0.123 e. The van der Waals surface area contributed by atoms with Gasteiger partial charge in [0.1, 0.15) is 5.82 Å². The molecule has 1 N–H and O–H groups in total. The van der Waals surface area contributed by atoms with Crippen LogP contribution in [0.3, 0.4) is 0 Å². The highest BCUT2D eigenvalue weighted by Gasteiger charge is 2.32. The molecule has 1 aromatic rings. The number of hydrogen-bond donors (Lipinski definition) is 1. The Morgan fingerprint density at radius 3 is 2.42 bits per heavy atom. The van der Waals surface area contributed by atoms with Gasteiger partial charge >= 0.3 is 0 Å². The van der Waals surface area contributed by atoms with Gasteiger partial charge in [0.25, 0.3) is 0 Å². The fourth-order valence-corrected chi connectivity index (χ4v) is 3.19. The first-order valence-corrected chi connectivity index (χ1v) is 7.62. The second-order valence-corrected chi connectivity index (χ2v) is 6.24. The summed E-state index contributed by atoms with van der Waals surface area (Å²) in [4.78, 5) is 0. The van der Waals surface area contributed by atoms with Crippen molar-refractivity contribution in [2.45, 2.75) is 63.8 Å². The minimum Gasteiger partial charge on any atom is -0.314 e. The molecular weight excluding hydrogens is 237 g/mol. The fourth-order valence-electron chi connectivity index (χ4n) is 3.19. The molecule has 0 unspecified atom stereocenters. The standard InChI is InChI=1S/C17H26FN/c1-14(2)19-13-17(10-5-3-4-6-11-17)15-8-7-9-16(18)12-15/h7-9,12,14,19H,3-6,10-11,13H2,1-2H3. The summed E-state index contributed by atoms with van der Waals surface area (Å²) in [5.74, 6) is -0.106. The molecule has 1 aliphatic carbocycles. The lowest BCUT2D eigenvalue weighted by Crippen LogP contribution is -2.40. The van der Waals surface area contributed by atoms with E-state index in [1.54, 1.807) is 12.1 Å². The minimum atomic E-state index is -0.106. The molecule has 1 nitrogen and oxygen atoms in total. The molecule has 0 spiro atoms. The van der Waals surface area contributed by atoms with E-state index >= 15 is 0 Å². The summed E-state index contributed by atoms with van der Waals surface area (Å²) in [5.41, 5.74) is 1.31. The summed E-state index contributed by atoms with van der Waals surface area (Å²) in [6.45, 7) is 5.32. The van der Waals surface area contributed by atoms with Crippen molar-refractivity contribution in [2.75, 3.05) is 6.54 Å². The highest BCUT2D eigenvalue weighted by Crippen LogP contribution is 2.38. The van der Waals surface area contributed by atoms with Crippen LogP contribution in [0.4, 0.5) is 4.39 Å². The van der Waals surface area contributed by atoms with Crippen LogP contribution >= 0.6 is 0 Å². The molecular formula is C17H26FN. The summed E-state index contributed by atoms with van der Waals surface area (Å²) in [6, 6.07) is 7.73. The first kappa shape index (κ1) is 14.5. The van der Waals surface area contributed by atoms with Crippen molar-refractivity contribution in [3.63, 3.8) is 0 Å². The van der Waals surface area contributed by atoms with Gasteiger partial charge in [0, 0.05) is 18.0 Å². The molecule has 0 saturated heterocycles. The SMILES string of the molecule is CC(C)NCC1(c2cccc(F)c2)CCCCCC1. The number of halogens is 1. The molecule has 0 atom stereocenters. The van der Waals surface area contributed by atoms with E-state index in [0.717, 1.165) is 6.54 Å². The van der Waals surface area contributed by atoms with Crippen molar-refractivity contribution in [2.24, 2.45) is 0 Å². The van der Waals surface area contributed by atoms with Gasteiger partial charge in [-0.2, -0.15) is 0 Å². The summed E-state index contributed by atoms with van der Waals surface area (Å²) in [7, 11) is 0. The van der Waals surface area contributed by atoms with Crippen molar-refractivity contribution >= 4 is 0 Å². The van der Waals surface area contributed by atoms with Gasteiger partial charge in [-0.05, 0) is 30.5 Å². The third-order valence-corrected chi connectivity index (χ3v) is 4.35. The van der Waals surface area contributed by atoms with Crippen LogP contribution in [0.15, 0.2) is 24.3 Å². The summed E-state index contributed by atoms with van der Waals surface area (Å²) < 4.78 is 13.6.